The summed E-state index contributed by atoms with van der Waals surface area (Å²) in [5.41, 5.74) is -0.665. The summed E-state index contributed by atoms with van der Waals surface area (Å²) < 4.78 is 4.87. The second kappa shape index (κ2) is 6.97. The van der Waals surface area contributed by atoms with Gasteiger partial charge in [-0.3, -0.25) is 4.79 Å². The molecule has 1 aliphatic heterocycles. The first-order valence-electron chi connectivity index (χ1n) is 7.65. The minimum absolute atomic E-state index is 0. The quantitative estimate of drug-likeness (QED) is 0.756. The molecule has 0 aromatic heterocycles. The van der Waals surface area contributed by atoms with Gasteiger partial charge < -0.3 is 15.4 Å². The molecule has 21 heavy (non-hydrogen) atoms. The standard InChI is InChI=1S/C15H26N2O3.ClH/c1-4-15(5-2,13(19)20-3)17-12(18)11-10-14(11)6-8-16-9-7-14;/h11,16H,4-10H2,1-3H3,(H,17,18);1H. The number of piperidine rings is 1. The molecule has 122 valence electrons. The average molecular weight is 319 g/mol. The fourth-order valence-corrected chi connectivity index (χ4v) is 3.48. The van der Waals surface area contributed by atoms with Crippen molar-refractivity contribution in [1.29, 1.82) is 0 Å². The largest absolute Gasteiger partial charge is 0.467 e. The Morgan fingerprint density at radius 3 is 2.33 bits per heavy atom. The zero-order chi connectivity index (χ0) is 14.8. The zero-order valence-corrected chi connectivity index (χ0v) is 14.0. The summed E-state index contributed by atoms with van der Waals surface area (Å²) in [6.07, 6.45) is 4.21. The Kier molecular flexibility index (Phi) is 6.05. The van der Waals surface area contributed by atoms with Crippen LogP contribution in [0.25, 0.3) is 0 Å². The molecule has 2 fully saturated rings. The summed E-state index contributed by atoms with van der Waals surface area (Å²) in [4.78, 5) is 24.5. The molecule has 1 unspecified atom stereocenters. The minimum Gasteiger partial charge on any atom is -0.467 e. The lowest BCUT2D eigenvalue weighted by Gasteiger charge is -2.31. The number of hydrogen-bond donors (Lipinski definition) is 2. The SMILES string of the molecule is CCC(CC)(NC(=O)C1CC12CCNCC2)C(=O)OC.Cl. The average Bonchev–Trinajstić information content (AvgIpc) is 3.18. The number of carbonyl (C=O) groups is 2. The Morgan fingerprint density at radius 1 is 1.29 bits per heavy atom. The first kappa shape index (κ1) is 18.2. The van der Waals surface area contributed by atoms with Gasteiger partial charge in [-0.25, -0.2) is 4.79 Å². The van der Waals surface area contributed by atoms with E-state index in [0.717, 1.165) is 32.4 Å². The molecule has 1 saturated heterocycles. The fraction of sp³-hybridized carbons (Fsp3) is 0.867. The van der Waals surface area contributed by atoms with Crippen molar-refractivity contribution in [2.45, 2.75) is 51.5 Å². The van der Waals surface area contributed by atoms with E-state index in [-0.39, 0.29) is 35.6 Å². The van der Waals surface area contributed by atoms with Gasteiger partial charge in [-0.2, -0.15) is 0 Å². The number of rotatable bonds is 5. The number of nitrogens with one attached hydrogen (secondary N) is 2. The smallest absolute Gasteiger partial charge is 0.331 e. The van der Waals surface area contributed by atoms with Crippen LogP contribution in [-0.2, 0) is 14.3 Å². The van der Waals surface area contributed by atoms with Gasteiger partial charge in [0, 0.05) is 5.92 Å². The molecule has 0 aromatic carbocycles. The highest BCUT2D eigenvalue weighted by molar-refractivity contribution is 5.90. The van der Waals surface area contributed by atoms with E-state index in [4.69, 9.17) is 4.74 Å². The number of amides is 1. The van der Waals surface area contributed by atoms with Crippen molar-refractivity contribution in [3.8, 4) is 0 Å². The van der Waals surface area contributed by atoms with E-state index in [1.807, 2.05) is 13.8 Å². The van der Waals surface area contributed by atoms with Crippen LogP contribution >= 0.6 is 12.4 Å². The molecule has 1 aliphatic carbocycles. The van der Waals surface area contributed by atoms with E-state index >= 15 is 0 Å². The highest BCUT2D eigenvalue weighted by atomic mass is 35.5. The molecule has 2 N–H and O–H groups in total. The molecule has 1 atom stereocenters. The highest BCUT2D eigenvalue weighted by Crippen LogP contribution is 2.58. The summed E-state index contributed by atoms with van der Waals surface area (Å²) in [5.74, 6) is -0.233. The molecule has 1 spiro atoms. The number of esters is 1. The van der Waals surface area contributed by atoms with Crippen molar-refractivity contribution < 1.29 is 14.3 Å². The van der Waals surface area contributed by atoms with E-state index in [1.54, 1.807) is 0 Å². The predicted molar refractivity (Wildman–Crippen MR) is 83.4 cm³/mol. The lowest BCUT2D eigenvalue weighted by Crippen LogP contribution is -2.55. The molecular formula is C15H27ClN2O3. The van der Waals surface area contributed by atoms with Crippen LogP contribution in [0.5, 0.6) is 0 Å². The van der Waals surface area contributed by atoms with E-state index in [9.17, 15) is 9.59 Å². The number of methoxy groups -OCH3 is 1. The predicted octanol–water partition coefficient (Wildman–Crippen LogP) is 1.65. The van der Waals surface area contributed by atoms with Gasteiger partial charge in [0.1, 0.15) is 5.54 Å². The van der Waals surface area contributed by atoms with E-state index < -0.39 is 5.54 Å². The van der Waals surface area contributed by atoms with E-state index in [0.29, 0.717) is 12.8 Å². The van der Waals surface area contributed by atoms with Crippen LogP contribution in [0, 0.1) is 11.3 Å². The maximum Gasteiger partial charge on any atom is 0.331 e. The Hall–Kier alpha value is -0.810. The molecule has 1 saturated carbocycles. The van der Waals surface area contributed by atoms with Crippen LogP contribution in [-0.4, -0.2) is 37.6 Å². The van der Waals surface area contributed by atoms with Gasteiger partial charge in [0.05, 0.1) is 7.11 Å². The van der Waals surface area contributed by atoms with Crippen molar-refractivity contribution >= 4 is 24.3 Å². The van der Waals surface area contributed by atoms with Gasteiger partial charge >= 0.3 is 5.97 Å². The molecule has 2 aliphatic rings. The van der Waals surface area contributed by atoms with Crippen LogP contribution < -0.4 is 10.6 Å². The molecular weight excluding hydrogens is 292 g/mol. The van der Waals surface area contributed by atoms with Crippen molar-refractivity contribution in [2.24, 2.45) is 11.3 Å². The Morgan fingerprint density at radius 2 is 1.86 bits per heavy atom. The zero-order valence-electron chi connectivity index (χ0n) is 13.2. The van der Waals surface area contributed by atoms with Crippen LogP contribution in [0.1, 0.15) is 46.0 Å². The fourth-order valence-electron chi connectivity index (χ4n) is 3.48. The third-order valence-electron chi connectivity index (χ3n) is 5.25. The molecule has 0 bridgehead atoms. The third kappa shape index (κ3) is 3.34. The molecule has 2 rings (SSSR count). The van der Waals surface area contributed by atoms with Gasteiger partial charge in [-0.1, -0.05) is 13.8 Å². The van der Waals surface area contributed by atoms with Crippen molar-refractivity contribution in [1.82, 2.24) is 10.6 Å². The Balaban J connectivity index is 0.00000220. The van der Waals surface area contributed by atoms with E-state index in [1.165, 1.54) is 7.11 Å². The van der Waals surface area contributed by atoms with Gasteiger partial charge in [0.25, 0.3) is 0 Å². The number of halogens is 1. The van der Waals surface area contributed by atoms with Gasteiger partial charge in [-0.05, 0) is 50.6 Å². The first-order chi connectivity index (χ1) is 9.53. The van der Waals surface area contributed by atoms with Crippen molar-refractivity contribution in [2.75, 3.05) is 20.2 Å². The molecule has 0 radical (unpaired) electrons. The second-order valence-electron chi connectivity index (χ2n) is 6.14. The normalized spacial score (nSPS) is 23.1. The van der Waals surface area contributed by atoms with Gasteiger partial charge in [-0.15, -0.1) is 12.4 Å². The molecule has 0 aromatic rings. The Bertz CT molecular complexity index is 390. The highest BCUT2D eigenvalue weighted by Gasteiger charge is 2.58. The molecule has 1 amide bonds. The Labute approximate surface area is 133 Å². The van der Waals surface area contributed by atoms with Gasteiger partial charge in [0.2, 0.25) is 5.91 Å². The minimum atomic E-state index is -0.859. The molecule has 1 heterocycles. The van der Waals surface area contributed by atoms with Gasteiger partial charge in [0.15, 0.2) is 0 Å². The maximum atomic E-state index is 12.5. The lowest BCUT2D eigenvalue weighted by molar-refractivity contribution is -0.151. The monoisotopic (exact) mass is 318 g/mol. The van der Waals surface area contributed by atoms with E-state index in [2.05, 4.69) is 10.6 Å². The van der Waals surface area contributed by atoms with Crippen LogP contribution in [0.15, 0.2) is 0 Å². The van der Waals surface area contributed by atoms with Crippen LogP contribution in [0.4, 0.5) is 0 Å². The molecule has 5 nitrogen and oxygen atoms in total. The third-order valence-corrected chi connectivity index (χ3v) is 5.25. The van der Waals surface area contributed by atoms with Crippen molar-refractivity contribution in [3.63, 3.8) is 0 Å². The summed E-state index contributed by atoms with van der Waals surface area (Å²) in [6.45, 7) is 5.81. The first-order valence-corrected chi connectivity index (χ1v) is 7.65. The summed E-state index contributed by atoms with van der Waals surface area (Å²) in [6, 6.07) is 0. The number of hydrogen-bond acceptors (Lipinski definition) is 4. The second-order valence-corrected chi connectivity index (χ2v) is 6.14. The topological polar surface area (TPSA) is 67.4 Å². The number of carbonyl (C=O) groups excluding carboxylic acids is 2. The molecule has 6 heteroatoms. The lowest BCUT2D eigenvalue weighted by atomic mass is 9.89. The summed E-state index contributed by atoms with van der Waals surface area (Å²) in [7, 11) is 1.37. The van der Waals surface area contributed by atoms with Crippen LogP contribution in [0.2, 0.25) is 0 Å². The summed E-state index contributed by atoms with van der Waals surface area (Å²) >= 11 is 0. The summed E-state index contributed by atoms with van der Waals surface area (Å²) in [5, 5.41) is 6.31. The van der Waals surface area contributed by atoms with Crippen LogP contribution in [0.3, 0.4) is 0 Å². The number of ether oxygens (including phenoxy) is 1. The van der Waals surface area contributed by atoms with Crippen molar-refractivity contribution in [3.05, 3.63) is 0 Å². The maximum absolute atomic E-state index is 12.5.